The van der Waals surface area contributed by atoms with Crippen LogP contribution < -0.4 is 5.32 Å². The van der Waals surface area contributed by atoms with Crippen LogP contribution in [0.15, 0.2) is 48.5 Å². The van der Waals surface area contributed by atoms with Gasteiger partial charge in [-0.25, -0.2) is 4.39 Å². The average molecular weight is 299 g/mol. The number of amides is 1. The van der Waals surface area contributed by atoms with Crippen LogP contribution in [0.2, 0.25) is 0 Å². The fraction of sp³-hybridized carbons (Fsp3) is 0.278. The maximum atomic E-state index is 13.2. The minimum absolute atomic E-state index is 0.0120. The van der Waals surface area contributed by atoms with Gasteiger partial charge in [0, 0.05) is 12.5 Å². The molecule has 1 aliphatic rings. The van der Waals surface area contributed by atoms with Gasteiger partial charge in [-0.3, -0.25) is 4.79 Å². The first-order valence-electron chi connectivity index (χ1n) is 7.40. The minimum atomic E-state index is -0.263. The third-order valence-electron chi connectivity index (χ3n) is 4.15. The maximum Gasteiger partial charge on any atom is 0.224 e. The Morgan fingerprint density at radius 2 is 1.95 bits per heavy atom. The van der Waals surface area contributed by atoms with Gasteiger partial charge in [-0.15, -0.1) is 0 Å². The van der Waals surface area contributed by atoms with Crippen LogP contribution in [0.1, 0.15) is 29.0 Å². The van der Waals surface area contributed by atoms with Gasteiger partial charge in [0.2, 0.25) is 5.91 Å². The van der Waals surface area contributed by atoms with Crippen molar-refractivity contribution in [2.24, 2.45) is 5.92 Å². The highest BCUT2D eigenvalue weighted by molar-refractivity contribution is 5.82. The van der Waals surface area contributed by atoms with E-state index < -0.39 is 0 Å². The second-order valence-corrected chi connectivity index (χ2v) is 5.65. The van der Waals surface area contributed by atoms with Crippen LogP contribution in [0, 0.1) is 11.7 Å². The van der Waals surface area contributed by atoms with Crippen molar-refractivity contribution in [3.8, 4) is 0 Å². The van der Waals surface area contributed by atoms with Gasteiger partial charge in [0.1, 0.15) is 5.82 Å². The fourth-order valence-electron chi connectivity index (χ4n) is 2.79. The summed E-state index contributed by atoms with van der Waals surface area (Å²) in [5, 5.41) is 12.2. The summed E-state index contributed by atoms with van der Waals surface area (Å²) >= 11 is 0. The topological polar surface area (TPSA) is 49.3 Å². The Morgan fingerprint density at radius 3 is 2.68 bits per heavy atom. The van der Waals surface area contributed by atoms with Gasteiger partial charge in [0.05, 0.1) is 6.61 Å². The zero-order valence-corrected chi connectivity index (χ0v) is 12.1. The SMILES string of the molecule is O=C(NCc1ccccc1CO)C1CC1c1cccc(F)c1. The van der Waals surface area contributed by atoms with Gasteiger partial charge in [0.15, 0.2) is 0 Å². The van der Waals surface area contributed by atoms with E-state index in [1.807, 2.05) is 30.3 Å². The smallest absolute Gasteiger partial charge is 0.224 e. The van der Waals surface area contributed by atoms with Crippen LogP contribution in [0.25, 0.3) is 0 Å². The van der Waals surface area contributed by atoms with Gasteiger partial charge >= 0.3 is 0 Å². The molecule has 2 atom stereocenters. The molecule has 2 unspecified atom stereocenters. The van der Waals surface area contributed by atoms with Gasteiger partial charge in [-0.2, -0.15) is 0 Å². The Morgan fingerprint density at radius 1 is 1.18 bits per heavy atom. The molecule has 114 valence electrons. The highest BCUT2D eigenvalue weighted by Gasteiger charge is 2.43. The van der Waals surface area contributed by atoms with E-state index in [0.29, 0.717) is 6.54 Å². The molecule has 3 rings (SSSR count). The Labute approximate surface area is 128 Å². The molecule has 2 aromatic rings. The molecule has 2 N–H and O–H groups in total. The molecule has 1 fully saturated rings. The lowest BCUT2D eigenvalue weighted by atomic mass is 10.1. The summed E-state index contributed by atoms with van der Waals surface area (Å²) in [6.45, 7) is 0.364. The number of carbonyl (C=O) groups is 1. The van der Waals surface area contributed by atoms with Crippen molar-refractivity contribution in [2.75, 3.05) is 0 Å². The summed E-state index contributed by atoms with van der Waals surface area (Å²) in [6.07, 6.45) is 0.761. The van der Waals surface area contributed by atoms with Crippen molar-refractivity contribution < 1.29 is 14.3 Å². The number of hydrogen-bond donors (Lipinski definition) is 2. The molecule has 22 heavy (non-hydrogen) atoms. The normalized spacial score (nSPS) is 19.7. The summed E-state index contributed by atoms with van der Waals surface area (Å²) in [4.78, 5) is 12.2. The van der Waals surface area contributed by atoms with Gasteiger partial charge in [-0.05, 0) is 41.2 Å². The number of aliphatic hydroxyl groups is 1. The maximum absolute atomic E-state index is 13.2. The summed E-state index contributed by atoms with van der Waals surface area (Å²) in [5.41, 5.74) is 2.62. The molecule has 1 amide bonds. The monoisotopic (exact) mass is 299 g/mol. The Kier molecular flexibility index (Phi) is 4.20. The second-order valence-electron chi connectivity index (χ2n) is 5.65. The molecular weight excluding hydrogens is 281 g/mol. The lowest BCUT2D eigenvalue weighted by Gasteiger charge is -2.09. The number of halogens is 1. The molecule has 0 radical (unpaired) electrons. The van der Waals surface area contributed by atoms with Crippen LogP contribution in [-0.4, -0.2) is 11.0 Å². The zero-order valence-electron chi connectivity index (χ0n) is 12.1. The Balaban J connectivity index is 1.58. The molecule has 0 spiro atoms. The van der Waals surface area contributed by atoms with Crippen LogP contribution in [-0.2, 0) is 17.9 Å². The highest BCUT2D eigenvalue weighted by Crippen LogP contribution is 2.47. The lowest BCUT2D eigenvalue weighted by molar-refractivity contribution is -0.122. The standard InChI is InChI=1S/C18H18FNO2/c19-15-7-3-6-12(8-15)16-9-17(16)18(22)20-10-13-4-1-2-5-14(13)11-21/h1-8,16-17,21H,9-11H2,(H,20,22). The van der Waals surface area contributed by atoms with Crippen molar-refractivity contribution >= 4 is 5.91 Å². The molecule has 0 bridgehead atoms. The number of rotatable bonds is 5. The predicted octanol–water partition coefficient (Wildman–Crippen LogP) is 2.74. The number of nitrogens with one attached hydrogen (secondary N) is 1. The second kappa shape index (κ2) is 6.28. The van der Waals surface area contributed by atoms with Gasteiger partial charge in [-0.1, -0.05) is 36.4 Å². The molecule has 0 aliphatic heterocycles. The Hall–Kier alpha value is -2.20. The van der Waals surface area contributed by atoms with E-state index in [1.54, 1.807) is 6.07 Å². The molecular formula is C18H18FNO2. The number of aliphatic hydroxyl groups excluding tert-OH is 1. The lowest BCUT2D eigenvalue weighted by Crippen LogP contribution is -2.25. The molecule has 0 saturated heterocycles. The van der Waals surface area contributed by atoms with E-state index >= 15 is 0 Å². The third-order valence-corrected chi connectivity index (χ3v) is 4.15. The minimum Gasteiger partial charge on any atom is -0.392 e. The summed E-state index contributed by atoms with van der Waals surface area (Å²) < 4.78 is 13.2. The van der Waals surface area contributed by atoms with E-state index in [9.17, 15) is 14.3 Å². The molecule has 0 heterocycles. The first-order chi connectivity index (χ1) is 10.7. The van der Waals surface area contributed by atoms with Crippen molar-refractivity contribution in [3.63, 3.8) is 0 Å². The molecule has 1 saturated carbocycles. The summed E-state index contributed by atoms with van der Waals surface area (Å²) in [5.74, 6) is -0.241. The molecule has 3 nitrogen and oxygen atoms in total. The van der Waals surface area contributed by atoms with Gasteiger partial charge in [0.25, 0.3) is 0 Å². The van der Waals surface area contributed by atoms with Gasteiger partial charge < -0.3 is 10.4 Å². The fourth-order valence-corrected chi connectivity index (χ4v) is 2.79. The molecule has 4 heteroatoms. The summed E-state index contributed by atoms with van der Waals surface area (Å²) in [7, 11) is 0. The number of benzene rings is 2. The van der Waals surface area contributed by atoms with E-state index in [1.165, 1.54) is 12.1 Å². The third kappa shape index (κ3) is 3.17. The van der Waals surface area contributed by atoms with Crippen molar-refractivity contribution in [2.45, 2.75) is 25.5 Å². The van der Waals surface area contributed by atoms with Crippen LogP contribution in [0.4, 0.5) is 4.39 Å². The average Bonchev–Trinajstić information content (AvgIpc) is 3.33. The zero-order chi connectivity index (χ0) is 15.5. The molecule has 0 aromatic heterocycles. The Bertz CT molecular complexity index is 686. The highest BCUT2D eigenvalue weighted by atomic mass is 19.1. The number of carbonyl (C=O) groups excluding carboxylic acids is 1. The van der Waals surface area contributed by atoms with Crippen molar-refractivity contribution in [1.82, 2.24) is 5.32 Å². The van der Waals surface area contributed by atoms with Crippen LogP contribution in [0.3, 0.4) is 0 Å². The largest absolute Gasteiger partial charge is 0.392 e. The van der Waals surface area contributed by atoms with Crippen molar-refractivity contribution in [1.29, 1.82) is 0 Å². The van der Waals surface area contributed by atoms with Crippen LogP contribution in [0.5, 0.6) is 0 Å². The first-order valence-corrected chi connectivity index (χ1v) is 7.40. The first kappa shape index (κ1) is 14.7. The summed E-state index contributed by atoms with van der Waals surface area (Å²) in [6, 6.07) is 13.9. The predicted molar refractivity (Wildman–Crippen MR) is 81.5 cm³/mol. The van der Waals surface area contributed by atoms with E-state index in [0.717, 1.165) is 23.1 Å². The molecule has 1 aliphatic carbocycles. The number of hydrogen-bond acceptors (Lipinski definition) is 2. The van der Waals surface area contributed by atoms with E-state index in [-0.39, 0.29) is 30.2 Å². The molecule has 2 aromatic carbocycles. The van der Waals surface area contributed by atoms with Crippen molar-refractivity contribution in [3.05, 3.63) is 71.0 Å². The van der Waals surface area contributed by atoms with E-state index in [2.05, 4.69) is 5.32 Å². The van der Waals surface area contributed by atoms with E-state index in [4.69, 9.17) is 0 Å². The quantitative estimate of drug-likeness (QED) is 0.892. The van der Waals surface area contributed by atoms with Crippen LogP contribution >= 0.6 is 0 Å².